The molecule has 0 fully saturated rings. The van der Waals surface area contributed by atoms with Crippen LogP contribution in [0, 0.1) is 0 Å². The third-order valence-electron chi connectivity index (χ3n) is 3.67. The van der Waals surface area contributed by atoms with E-state index in [1.165, 1.54) is 0 Å². The van der Waals surface area contributed by atoms with Crippen molar-refractivity contribution in [3.8, 4) is 5.75 Å². The molecule has 2 aromatic rings. The standard InChI is InChI=1S/C19H19Cl2NO3/c1-3-18(23)13-4-7-15(8-5-13)25-11-19(24)22-12(2)16-9-6-14(20)10-17(16)21/h4-10,12H,3,11H2,1-2H3,(H,22,24)/t12-/m1/s1. The first-order valence-corrected chi connectivity index (χ1v) is 8.66. The molecule has 1 N–H and O–H groups in total. The maximum atomic E-state index is 12.0. The van der Waals surface area contributed by atoms with Crippen LogP contribution in [-0.4, -0.2) is 18.3 Å². The molecule has 0 radical (unpaired) electrons. The summed E-state index contributed by atoms with van der Waals surface area (Å²) >= 11 is 12.0. The van der Waals surface area contributed by atoms with Crippen molar-refractivity contribution in [2.24, 2.45) is 0 Å². The third-order valence-corrected chi connectivity index (χ3v) is 4.24. The van der Waals surface area contributed by atoms with E-state index in [1.54, 1.807) is 42.5 Å². The second-order valence-corrected chi connectivity index (χ2v) is 6.39. The number of halogens is 2. The third kappa shape index (κ3) is 5.48. The lowest BCUT2D eigenvalue weighted by molar-refractivity contribution is -0.123. The maximum absolute atomic E-state index is 12.0. The van der Waals surface area contributed by atoms with E-state index in [4.69, 9.17) is 27.9 Å². The molecule has 6 heteroatoms. The van der Waals surface area contributed by atoms with E-state index in [0.29, 0.717) is 27.8 Å². The van der Waals surface area contributed by atoms with Crippen molar-refractivity contribution < 1.29 is 14.3 Å². The number of Topliss-reactive ketones (excluding diaryl/α,β-unsaturated/α-hetero) is 1. The van der Waals surface area contributed by atoms with Crippen molar-refractivity contribution in [2.45, 2.75) is 26.3 Å². The number of hydrogen-bond acceptors (Lipinski definition) is 3. The van der Waals surface area contributed by atoms with Gasteiger partial charge >= 0.3 is 0 Å². The number of carbonyl (C=O) groups excluding carboxylic acids is 2. The molecule has 0 saturated heterocycles. The van der Waals surface area contributed by atoms with Gasteiger partial charge in [0.2, 0.25) is 0 Å². The van der Waals surface area contributed by atoms with Crippen molar-refractivity contribution in [1.82, 2.24) is 5.32 Å². The topological polar surface area (TPSA) is 55.4 Å². The molecule has 25 heavy (non-hydrogen) atoms. The normalized spacial score (nSPS) is 11.7. The van der Waals surface area contributed by atoms with Gasteiger partial charge in [-0.2, -0.15) is 0 Å². The number of nitrogens with one attached hydrogen (secondary N) is 1. The lowest BCUT2D eigenvalue weighted by Crippen LogP contribution is -2.31. The minimum absolute atomic E-state index is 0.0676. The quantitative estimate of drug-likeness (QED) is 0.700. The largest absolute Gasteiger partial charge is 0.484 e. The van der Waals surface area contributed by atoms with Crippen molar-refractivity contribution in [1.29, 1.82) is 0 Å². The van der Waals surface area contributed by atoms with E-state index in [1.807, 2.05) is 13.8 Å². The predicted molar refractivity (Wildman–Crippen MR) is 99.6 cm³/mol. The molecule has 0 spiro atoms. The minimum atomic E-state index is -0.273. The number of ketones is 1. The van der Waals surface area contributed by atoms with E-state index in [0.717, 1.165) is 5.56 Å². The van der Waals surface area contributed by atoms with Crippen LogP contribution in [0.5, 0.6) is 5.75 Å². The van der Waals surface area contributed by atoms with E-state index >= 15 is 0 Å². The minimum Gasteiger partial charge on any atom is -0.484 e. The average Bonchev–Trinajstić information content (AvgIpc) is 2.59. The van der Waals surface area contributed by atoms with E-state index in [-0.39, 0.29) is 24.3 Å². The van der Waals surface area contributed by atoms with Crippen LogP contribution >= 0.6 is 23.2 Å². The van der Waals surface area contributed by atoms with Crippen molar-refractivity contribution in [3.05, 3.63) is 63.6 Å². The Bertz CT molecular complexity index is 760. The molecule has 0 aromatic heterocycles. The molecule has 4 nitrogen and oxygen atoms in total. The Morgan fingerprint density at radius 2 is 1.80 bits per heavy atom. The van der Waals surface area contributed by atoms with Crippen LogP contribution < -0.4 is 10.1 Å². The number of benzene rings is 2. The summed E-state index contributed by atoms with van der Waals surface area (Å²) in [6, 6.07) is 11.6. The molecule has 0 aliphatic carbocycles. The zero-order chi connectivity index (χ0) is 18.4. The highest BCUT2D eigenvalue weighted by Crippen LogP contribution is 2.26. The highest BCUT2D eigenvalue weighted by Gasteiger charge is 2.13. The van der Waals surface area contributed by atoms with Crippen LogP contribution in [0.1, 0.15) is 42.2 Å². The Balaban J connectivity index is 1.88. The van der Waals surface area contributed by atoms with Gasteiger partial charge in [-0.05, 0) is 48.9 Å². The zero-order valence-electron chi connectivity index (χ0n) is 14.0. The molecule has 0 bridgehead atoms. The Kier molecular flexibility index (Phi) is 6.85. The van der Waals surface area contributed by atoms with Gasteiger partial charge in [0.15, 0.2) is 12.4 Å². The molecule has 0 unspecified atom stereocenters. The van der Waals surface area contributed by atoms with Crippen LogP contribution in [0.15, 0.2) is 42.5 Å². The van der Waals surface area contributed by atoms with Gasteiger partial charge in [0.05, 0.1) is 6.04 Å². The molecule has 1 amide bonds. The molecule has 0 aliphatic rings. The summed E-state index contributed by atoms with van der Waals surface area (Å²) < 4.78 is 5.44. The fraction of sp³-hybridized carbons (Fsp3) is 0.263. The average molecular weight is 380 g/mol. The first-order valence-electron chi connectivity index (χ1n) is 7.91. The number of carbonyl (C=O) groups is 2. The van der Waals surface area contributed by atoms with E-state index < -0.39 is 0 Å². The monoisotopic (exact) mass is 379 g/mol. The predicted octanol–water partition coefficient (Wildman–Crippen LogP) is 4.84. The summed E-state index contributed by atoms with van der Waals surface area (Å²) in [6.45, 7) is 3.51. The number of hydrogen-bond donors (Lipinski definition) is 1. The van der Waals surface area contributed by atoms with Crippen molar-refractivity contribution in [3.63, 3.8) is 0 Å². The molecule has 2 rings (SSSR count). The van der Waals surface area contributed by atoms with Crippen LogP contribution in [0.25, 0.3) is 0 Å². The SMILES string of the molecule is CCC(=O)c1ccc(OCC(=O)N[C@H](C)c2ccc(Cl)cc2Cl)cc1. The summed E-state index contributed by atoms with van der Waals surface area (Å²) in [4.78, 5) is 23.6. The Morgan fingerprint density at radius 3 is 2.40 bits per heavy atom. The van der Waals surface area contributed by atoms with E-state index in [2.05, 4.69) is 5.32 Å². The molecule has 0 aliphatic heterocycles. The molecule has 2 aromatic carbocycles. The molecule has 0 heterocycles. The van der Waals surface area contributed by atoms with Gasteiger partial charge in [-0.3, -0.25) is 9.59 Å². The van der Waals surface area contributed by atoms with Crippen LogP contribution in [-0.2, 0) is 4.79 Å². The smallest absolute Gasteiger partial charge is 0.258 e. The van der Waals surface area contributed by atoms with Crippen LogP contribution in [0.3, 0.4) is 0 Å². The van der Waals surface area contributed by atoms with Gasteiger partial charge in [-0.1, -0.05) is 36.2 Å². The maximum Gasteiger partial charge on any atom is 0.258 e. The Labute approximate surface area is 157 Å². The number of amides is 1. The number of ether oxygens (including phenoxy) is 1. The summed E-state index contributed by atoms with van der Waals surface area (Å²) in [6.07, 6.45) is 0.452. The van der Waals surface area contributed by atoms with Gasteiger partial charge in [-0.15, -0.1) is 0 Å². The molecule has 1 atom stereocenters. The molecule has 0 saturated carbocycles. The summed E-state index contributed by atoms with van der Waals surface area (Å²) in [5, 5.41) is 3.86. The molecular formula is C19H19Cl2NO3. The van der Waals surface area contributed by atoms with Gasteiger partial charge in [0.1, 0.15) is 5.75 Å². The van der Waals surface area contributed by atoms with Gasteiger partial charge in [0, 0.05) is 22.0 Å². The van der Waals surface area contributed by atoms with Crippen LogP contribution in [0.4, 0.5) is 0 Å². The fourth-order valence-electron chi connectivity index (χ4n) is 2.30. The summed E-state index contributed by atoms with van der Waals surface area (Å²) in [5.41, 5.74) is 1.41. The van der Waals surface area contributed by atoms with Gasteiger partial charge < -0.3 is 10.1 Å². The summed E-state index contributed by atoms with van der Waals surface area (Å²) in [7, 11) is 0. The first kappa shape index (κ1) is 19.3. The van der Waals surface area contributed by atoms with Crippen molar-refractivity contribution >= 4 is 34.9 Å². The lowest BCUT2D eigenvalue weighted by Gasteiger charge is -2.16. The fourth-order valence-corrected chi connectivity index (χ4v) is 2.88. The highest BCUT2D eigenvalue weighted by molar-refractivity contribution is 6.35. The second-order valence-electron chi connectivity index (χ2n) is 5.54. The highest BCUT2D eigenvalue weighted by atomic mass is 35.5. The second kappa shape index (κ2) is 8.88. The van der Waals surface area contributed by atoms with Crippen molar-refractivity contribution in [2.75, 3.05) is 6.61 Å². The van der Waals surface area contributed by atoms with Gasteiger partial charge in [0.25, 0.3) is 5.91 Å². The lowest BCUT2D eigenvalue weighted by atomic mass is 10.1. The number of rotatable bonds is 7. The zero-order valence-corrected chi connectivity index (χ0v) is 15.5. The molecular weight excluding hydrogens is 361 g/mol. The Morgan fingerprint density at radius 1 is 1.12 bits per heavy atom. The van der Waals surface area contributed by atoms with Crippen LogP contribution in [0.2, 0.25) is 10.0 Å². The molecule has 132 valence electrons. The Hall–Kier alpha value is -2.04. The van der Waals surface area contributed by atoms with Gasteiger partial charge in [-0.25, -0.2) is 0 Å². The van der Waals surface area contributed by atoms with E-state index in [9.17, 15) is 9.59 Å². The first-order chi connectivity index (χ1) is 11.9. The summed E-state index contributed by atoms with van der Waals surface area (Å²) in [5.74, 6) is 0.324.